The first-order valence-electron chi connectivity index (χ1n) is 6.73. The Morgan fingerprint density at radius 3 is 2.33 bits per heavy atom. The first kappa shape index (κ1) is 14.7. The maximum atomic E-state index is 13.9. The van der Waals surface area contributed by atoms with E-state index in [1.165, 1.54) is 0 Å². The lowest BCUT2D eigenvalue weighted by molar-refractivity contribution is 0.0597. The van der Waals surface area contributed by atoms with Crippen molar-refractivity contribution in [3.63, 3.8) is 0 Å². The Kier molecular flexibility index (Phi) is 3.63. The summed E-state index contributed by atoms with van der Waals surface area (Å²) in [6.45, 7) is 0. The summed E-state index contributed by atoms with van der Waals surface area (Å²) >= 11 is 3.53. The third-order valence-corrected chi connectivity index (χ3v) is 5.02. The molecule has 3 nitrogen and oxygen atoms in total. The van der Waals surface area contributed by atoms with E-state index in [1.54, 1.807) is 4.90 Å². The lowest BCUT2D eigenvalue weighted by Gasteiger charge is -2.37. The maximum Gasteiger partial charge on any atom is 0.257 e. The van der Waals surface area contributed by atoms with Crippen LogP contribution in [0.1, 0.15) is 36.0 Å². The number of phenols is 1. The van der Waals surface area contributed by atoms with Gasteiger partial charge in [-0.1, -0.05) is 15.9 Å². The molecule has 0 spiro atoms. The lowest BCUT2D eigenvalue weighted by Crippen LogP contribution is -2.47. The van der Waals surface area contributed by atoms with Crippen LogP contribution in [0.4, 0.5) is 13.2 Å². The number of rotatable bonds is 1. The molecule has 2 unspecified atom stereocenters. The van der Waals surface area contributed by atoms with Crippen molar-refractivity contribution in [2.75, 3.05) is 0 Å². The predicted octanol–water partition coefficient (Wildman–Crippen LogP) is 3.34. The number of halogens is 4. The second kappa shape index (κ2) is 5.19. The Balaban J connectivity index is 1.97. The van der Waals surface area contributed by atoms with Crippen LogP contribution in [0.2, 0.25) is 0 Å². The molecule has 3 rings (SSSR count). The number of fused-ring (bicyclic) bond motifs is 2. The van der Waals surface area contributed by atoms with Crippen LogP contribution < -0.4 is 0 Å². The number of piperidine rings is 1. The molecule has 2 saturated heterocycles. The zero-order valence-electron chi connectivity index (χ0n) is 11.0. The van der Waals surface area contributed by atoms with Gasteiger partial charge in [0.25, 0.3) is 5.91 Å². The summed E-state index contributed by atoms with van der Waals surface area (Å²) in [4.78, 5) is 14.3. The summed E-state index contributed by atoms with van der Waals surface area (Å²) in [5.74, 6) is -6.64. The first-order valence-corrected chi connectivity index (χ1v) is 7.65. The molecule has 0 aliphatic carbocycles. The van der Waals surface area contributed by atoms with Gasteiger partial charge in [-0.3, -0.25) is 4.79 Å². The molecule has 1 aromatic carbocycles. The summed E-state index contributed by atoms with van der Waals surface area (Å²) in [7, 11) is 0. The van der Waals surface area contributed by atoms with Crippen LogP contribution in [-0.4, -0.2) is 32.8 Å². The standard InChI is InChI=1S/C14H13BrF3NO2/c15-6-3-7-1-2-8(4-6)19(7)14(21)9-5-10(16)12(18)13(20)11(9)17/h5-8,20H,1-4H2. The van der Waals surface area contributed by atoms with Gasteiger partial charge in [-0.05, 0) is 31.7 Å². The molecule has 114 valence electrons. The second-order valence-corrected chi connectivity index (χ2v) is 6.84. The Hall–Kier alpha value is -1.24. The minimum atomic E-state index is -1.67. The molecule has 1 N–H and O–H groups in total. The number of hydrogen-bond donors (Lipinski definition) is 1. The number of carbonyl (C=O) groups is 1. The summed E-state index contributed by atoms with van der Waals surface area (Å²) in [5.41, 5.74) is -0.615. The van der Waals surface area contributed by atoms with Gasteiger partial charge in [0, 0.05) is 16.9 Å². The molecule has 2 bridgehead atoms. The quantitative estimate of drug-likeness (QED) is 0.614. The van der Waals surface area contributed by atoms with Crippen molar-refractivity contribution in [1.29, 1.82) is 0 Å². The molecule has 21 heavy (non-hydrogen) atoms. The van der Waals surface area contributed by atoms with E-state index in [-0.39, 0.29) is 12.1 Å². The molecule has 2 fully saturated rings. The SMILES string of the molecule is O=C(c1cc(F)c(F)c(O)c1F)N1C2CCC1CC(Br)C2. The number of benzene rings is 1. The van der Waals surface area contributed by atoms with Crippen molar-refractivity contribution in [2.24, 2.45) is 0 Å². The van der Waals surface area contributed by atoms with Gasteiger partial charge in [-0.2, -0.15) is 4.39 Å². The average Bonchev–Trinajstić information content (AvgIpc) is 2.72. The monoisotopic (exact) mass is 363 g/mol. The summed E-state index contributed by atoms with van der Waals surface area (Å²) in [6.07, 6.45) is 3.13. The molecule has 1 aromatic rings. The molecule has 0 radical (unpaired) electrons. The van der Waals surface area contributed by atoms with Crippen molar-refractivity contribution in [2.45, 2.75) is 42.6 Å². The first-order chi connectivity index (χ1) is 9.90. The van der Waals surface area contributed by atoms with Gasteiger partial charge in [0.15, 0.2) is 17.4 Å². The third kappa shape index (κ3) is 2.31. The molecule has 1 amide bonds. The predicted molar refractivity (Wildman–Crippen MR) is 72.9 cm³/mol. The van der Waals surface area contributed by atoms with Crippen molar-refractivity contribution < 1.29 is 23.1 Å². The Labute approximate surface area is 127 Å². The summed E-state index contributed by atoms with van der Waals surface area (Å²) in [6, 6.07) is 0.456. The minimum absolute atomic E-state index is 0.0321. The number of carbonyl (C=O) groups excluding carboxylic acids is 1. The van der Waals surface area contributed by atoms with Crippen LogP contribution >= 0.6 is 15.9 Å². The van der Waals surface area contributed by atoms with Crippen LogP contribution in [0.15, 0.2) is 6.07 Å². The van der Waals surface area contributed by atoms with Crippen molar-refractivity contribution >= 4 is 21.8 Å². The van der Waals surface area contributed by atoms with E-state index < -0.39 is 34.7 Å². The van der Waals surface area contributed by atoms with E-state index >= 15 is 0 Å². The number of nitrogens with zero attached hydrogens (tertiary/aromatic N) is 1. The topological polar surface area (TPSA) is 40.5 Å². The summed E-state index contributed by atoms with van der Waals surface area (Å²) in [5, 5.41) is 9.24. The van der Waals surface area contributed by atoms with Crippen LogP contribution in [-0.2, 0) is 0 Å². The normalized spacial score (nSPS) is 28.0. The van der Waals surface area contributed by atoms with Gasteiger partial charge in [0.05, 0.1) is 5.56 Å². The zero-order valence-corrected chi connectivity index (χ0v) is 12.5. The van der Waals surface area contributed by atoms with Gasteiger partial charge in [0.2, 0.25) is 5.82 Å². The maximum absolute atomic E-state index is 13.9. The van der Waals surface area contributed by atoms with Crippen molar-refractivity contribution in [3.8, 4) is 5.75 Å². The highest BCUT2D eigenvalue weighted by Gasteiger charge is 2.43. The van der Waals surface area contributed by atoms with Gasteiger partial charge in [0.1, 0.15) is 0 Å². The molecule has 2 aliphatic heterocycles. The zero-order chi connectivity index (χ0) is 15.3. The van der Waals surface area contributed by atoms with Gasteiger partial charge in [-0.25, -0.2) is 8.78 Å². The van der Waals surface area contributed by atoms with E-state index in [9.17, 15) is 23.1 Å². The number of phenolic OH excluding ortho intramolecular Hbond substituents is 1. The second-order valence-electron chi connectivity index (χ2n) is 5.55. The number of alkyl halides is 1. The van der Waals surface area contributed by atoms with Gasteiger partial charge < -0.3 is 10.0 Å². The minimum Gasteiger partial charge on any atom is -0.503 e. The van der Waals surface area contributed by atoms with Gasteiger partial charge >= 0.3 is 0 Å². The molecule has 2 atom stereocenters. The lowest BCUT2D eigenvalue weighted by atomic mass is 10.0. The van der Waals surface area contributed by atoms with E-state index in [4.69, 9.17) is 0 Å². The fourth-order valence-corrected chi connectivity index (χ4v) is 4.19. The highest BCUT2D eigenvalue weighted by molar-refractivity contribution is 9.09. The third-order valence-electron chi connectivity index (χ3n) is 4.27. The Morgan fingerprint density at radius 1 is 1.19 bits per heavy atom. The fraction of sp³-hybridized carbons (Fsp3) is 0.500. The van der Waals surface area contributed by atoms with Crippen molar-refractivity contribution in [1.82, 2.24) is 4.90 Å². The smallest absolute Gasteiger partial charge is 0.257 e. The average molecular weight is 364 g/mol. The largest absolute Gasteiger partial charge is 0.503 e. The number of hydrogen-bond acceptors (Lipinski definition) is 2. The number of amides is 1. The Morgan fingerprint density at radius 2 is 1.76 bits per heavy atom. The van der Waals surface area contributed by atoms with Crippen LogP contribution in [0.5, 0.6) is 5.75 Å². The molecule has 0 saturated carbocycles. The van der Waals surface area contributed by atoms with E-state index in [2.05, 4.69) is 15.9 Å². The molecule has 2 aliphatic rings. The van der Waals surface area contributed by atoms with Crippen LogP contribution in [0.3, 0.4) is 0 Å². The number of aromatic hydroxyl groups is 1. The molecular weight excluding hydrogens is 351 g/mol. The van der Waals surface area contributed by atoms with Crippen LogP contribution in [0.25, 0.3) is 0 Å². The molecule has 2 heterocycles. The van der Waals surface area contributed by atoms with E-state index in [0.29, 0.717) is 10.9 Å². The fourth-order valence-electron chi connectivity index (χ4n) is 3.33. The van der Waals surface area contributed by atoms with E-state index in [1.807, 2.05) is 0 Å². The van der Waals surface area contributed by atoms with Crippen LogP contribution in [0, 0.1) is 17.5 Å². The Bertz CT molecular complexity index is 596. The summed E-state index contributed by atoms with van der Waals surface area (Å²) < 4.78 is 40.3. The van der Waals surface area contributed by atoms with Gasteiger partial charge in [-0.15, -0.1) is 0 Å². The molecule has 7 heteroatoms. The van der Waals surface area contributed by atoms with Crippen molar-refractivity contribution in [3.05, 3.63) is 29.1 Å². The highest BCUT2D eigenvalue weighted by Crippen LogP contribution is 2.40. The molecular formula is C14H13BrF3NO2. The van der Waals surface area contributed by atoms with E-state index in [0.717, 1.165) is 25.7 Å². The highest BCUT2D eigenvalue weighted by atomic mass is 79.9. The molecule has 0 aromatic heterocycles.